The normalized spacial score (nSPS) is 12.4. The summed E-state index contributed by atoms with van der Waals surface area (Å²) >= 11 is 1.67. The van der Waals surface area contributed by atoms with Crippen LogP contribution in [-0.2, 0) is 6.42 Å². The predicted octanol–water partition coefficient (Wildman–Crippen LogP) is 2.26. The molecule has 1 aromatic heterocycles. The average Bonchev–Trinajstić information content (AvgIpc) is 2.81. The van der Waals surface area contributed by atoms with E-state index in [9.17, 15) is 0 Å². The standard InChI is InChI=1S/C14H20N4S/c1-10-16-12(9-19-10)8-14(17-15)11-5-4-6-13(7-11)18(2)3/h4-7,9,14,17H,8,15H2,1-3H3. The number of nitrogens with zero attached hydrogens (tertiary/aromatic N) is 2. The van der Waals surface area contributed by atoms with Crippen molar-refractivity contribution in [1.82, 2.24) is 10.4 Å². The van der Waals surface area contributed by atoms with Crippen LogP contribution >= 0.6 is 11.3 Å². The highest BCUT2D eigenvalue weighted by Gasteiger charge is 2.13. The maximum absolute atomic E-state index is 5.70. The van der Waals surface area contributed by atoms with E-state index in [1.807, 2.05) is 21.0 Å². The number of nitrogens with two attached hydrogens (primary N) is 1. The Kier molecular flexibility index (Phi) is 4.52. The molecule has 0 fully saturated rings. The number of aromatic nitrogens is 1. The Morgan fingerprint density at radius 1 is 1.42 bits per heavy atom. The number of hydrogen-bond acceptors (Lipinski definition) is 5. The summed E-state index contributed by atoms with van der Waals surface area (Å²) in [5.41, 5.74) is 6.33. The Labute approximate surface area is 118 Å². The first-order valence-corrected chi connectivity index (χ1v) is 7.12. The average molecular weight is 276 g/mol. The molecule has 0 radical (unpaired) electrons. The first-order valence-electron chi connectivity index (χ1n) is 6.24. The molecular weight excluding hydrogens is 256 g/mol. The molecule has 1 aromatic carbocycles. The van der Waals surface area contributed by atoms with Gasteiger partial charge in [-0.3, -0.25) is 11.3 Å². The maximum atomic E-state index is 5.70. The molecule has 1 atom stereocenters. The van der Waals surface area contributed by atoms with Crippen LogP contribution in [-0.4, -0.2) is 19.1 Å². The molecule has 0 aliphatic heterocycles. The fourth-order valence-corrected chi connectivity index (χ4v) is 2.63. The third-order valence-electron chi connectivity index (χ3n) is 3.07. The largest absolute Gasteiger partial charge is 0.378 e. The van der Waals surface area contributed by atoms with Crippen molar-refractivity contribution < 1.29 is 0 Å². The van der Waals surface area contributed by atoms with E-state index < -0.39 is 0 Å². The van der Waals surface area contributed by atoms with Crippen molar-refractivity contribution in [3.8, 4) is 0 Å². The molecule has 0 saturated heterocycles. The molecular formula is C14H20N4S. The van der Waals surface area contributed by atoms with E-state index in [1.54, 1.807) is 11.3 Å². The number of hydrazine groups is 1. The minimum atomic E-state index is 0.0846. The molecule has 0 spiro atoms. The van der Waals surface area contributed by atoms with Crippen molar-refractivity contribution in [2.75, 3.05) is 19.0 Å². The van der Waals surface area contributed by atoms with E-state index in [0.29, 0.717) is 0 Å². The molecule has 1 heterocycles. The highest BCUT2D eigenvalue weighted by atomic mass is 32.1. The lowest BCUT2D eigenvalue weighted by Gasteiger charge is -2.19. The smallest absolute Gasteiger partial charge is 0.0897 e. The lowest BCUT2D eigenvalue weighted by atomic mass is 10.0. The molecule has 5 heteroatoms. The van der Waals surface area contributed by atoms with Crippen LogP contribution in [0.1, 0.15) is 22.3 Å². The van der Waals surface area contributed by atoms with Crippen molar-refractivity contribution in [1.29, 1.82) is 0 Å². The molecule has 102 valence electrons. The van der Waals surface area contributed by atoms with Gasteiger partial charge in [0.2, 0.25) is 0 Å². The zero-order valence-corrected chi connectivity index (χ0v) is 12.4. The molecule has 4 nitrogen and oxygen atoms in total. The summed E-state index contributed by atoms with van der Waals surface area (Å²) in [5.74, 6) is 5.70. The number of anilines is 1. The number of benzene rings is 1. The lowest BCUT2D eigenvalue weighted by molar-refractivity contribution is 0.547. The molecule has 0 aliphatic rings. The van der Waals surface area contributed by atoms with Crippen molar-refractivity contribution in [2.24, 2.45) is 5.84 Å². The van der Waals surface area contributed by atoms with Crippen molar-refractivity contribution in [3.05, 3.63) is 45.9 Å². The Morgan fingerprint density at radius 2 is 2.21 bits per heavy atom. The van der Waals surface area contributed by atoms with E-state index in [2.05, 4.69) is 45.0 Å². The predicted molar refractivity (Wildman–Crippen MR) is 81.4 cm³/mol. The zero-order valence-electron chi connectivity index (χ0n) is 11.6. The van der Waals surface area contributed by atoms with Crippen LogP contribution in [0.3, 0.4) is 0 Å². The molecule has 19 heavy (non-hydrogen) atoms. The Bertz CT molecular complexity index is 536. The molecule has 0 amide bonds. The summed E-state index contributed by atoms with van der Waals surface area (Å²) in [6.07, 6.45) is 0.803. The van der Waals surface area contributed by atoms with Gasteiger partial charge < -0.3 is 4.90 Å². The fourth-order valence-electron chi connectivity index (χ4n) is 2.00. The second-order valence-electron chi connectivity index (χ2n) is 4.77. The lowest BCUT2D eigenvalue weighted by Crippen LogP contribution is -2.29. The van der Waals surface area contributed by atoms with Crippen LogP contribution in [0.25, 0.3) is 0 Å². The minimum Gasteiger partial charge on any atom is -0.378 e. The molecule has 3 N–H and O–H groups in total. The minimum absolute atomic E-state index is 0.0846. The number of hydrogen-bond donors (Lipinski definition) is 2. The van der Waals surface area contributed by atoms with E-state index >= 15 is 0 Å². The van der Waals surface area contributed by atoms with Crippen molar-refractivity contribution in [3.63, 3.8) is 0 Å². The quantitative estimate of drug-likeness (QED) is 0.650. The molecule has 2 rings (SSSR count). The number of rotatable bonds is 5. The molecule has 0 bridgehead atoms. The monoisotopic (exact) mass is 276 g/mol. The van der Waals surface area contributed by atoms with E-state index in [-0.39, 0.29) is 6.04 Å². The van der Waals surface area contributed by atoms with Gasteiger partial charge in [0.1, 0.15) is 0 Å². The third-order valence-corrected chi connectivity index (χ3v) is 3.89. The van der Waals surface area contributed by atoms with Gasteiger partial charge in [-0.05, 0) is 24.6 Å². The summed E-state index contributed by atoms with van der Waals surface area (Å²) in [4.78, 5) is 6.58. The number of aryl methyl sites for hydroxylation is 1. The summed E-state index contributed by atoms with van der Waals surface area (Å²) < 4.78 is 0. The van der Waals surface area contributed by atoms with E-state index in [1.165, 1.54) is 11.3 Å². The van der Waals surface area contributed by atoms with Crippen LogP contribution in [0.5, 0.6) is 0 Å². The Balaban J connectivity index is 2.19. The van der Waals surface area contributed by atoms with Gasteiger partial charge in [0.05, 0.1) is 16.7 Å². The van der Waals surface area contributed by atoms with Gasteiger partial charge in [-0.25, -0.2) is 4.98 Å². The van der Waals surface area contributed by atoms with Gasteiger partial charge in [0, 0.05) is 31.6 Å². The second-order valence-corrected chi connectivity index (χ2v) is 5.83. The topological polar surface area (TPSA) is 54.2 Å². The van der Waals surface area contributed by atoms with Gasteiger partial charge >= 0.3 is 0 Å². The zero-order chi connectivity index (χ0) is 13.8. The fraction of sp³-hybridized carbons (Fsp3) is 0.357. The van der Waals surface area contributed by atoms with Crippen LogP contribution < -0.4 is 16.2 Å². The van der Waals surface area contributed by atoms with Crippen molar-refractivity contribution >= 4 is 17.0 Å². The van der Waals surface area contributed by atoms with E-state index in [0.717, 1.165) is 17.1 Å². The van der Waals surface area contributed by atoms with Crippen LogP contribution in [0.15, 0.2) is 29.6 Å². The first kappa shape index (κ1) is 14.0. The maximum Gasteiger partial charge on any atom is 0.0897 e. The number of thiazole rings is 1. The Hall–Kier alpha value is -1.43. The SMILES string of the molecule is Cc1nc(CC(NN)c2cccc(N(C)C)c2)cs1. The van der Waals surface area contributed by atoms with Gasteiger partial charge in [0.15, 0.2) is 0 Å². The van der Waals surface area contributed by atoms with Gasteiger partial charge in [-0.15, -0.1) is 11.3 Å². The molecule has 1 unspecified atom stereocenters. The summed E-state index contributed by atoms with van der Waals surface area (Å²) in [6, 6.07) is 8.48. The first-order chi connectivity index (χ1) is 9.10. The van der Waals surface area contributed by atoms with E-state index in [4.69, 9.17) is 5.84 Å². The van der Waals surface area contributed by atoms with Crippen LogP contribution in [0.2, 0.25) is 0 Å². The highest BCUT2D eigenvalue weighted by Crippen LogP contribution is 2.22. The number of nitrogens with one attached hydrogen (secondary N) is 1. The van der Waals surface area contributed by atoms with Gasteiger partial charge in [0.25, 0.3) is 0 Å². The Morgan fingerprint density at radius 3 is 2.79 bits per heavy atom. The van der Waals surface area contributed by atoms with Crippen LogP contribution in [0, 0.1) is 6.92 Å². The van der Waals surface area contributed by atoms with Gasteiger partial charge in [-0.1, -0.05) is 12.1 Å². The summed E-state index contributed by atoms with van der Waals surface area (Å²) in [6.45, 7) is 2.02. The van der Waals surface area contributed by atoms with Crippen molar-refractivity contribution in [2.45, 2.75) is 19.4 Å². The summed E-state index contributed by atoms with van der Waals surface area (Å²) in [7, 11) is 4.07. The second kappa shape index (κ2) is 6.14. The van der Waals surface area contributed by atoms with Gasteiger partial charge in [-0.2, -0.15) is 0 Å². The summed E-state index contributed by atoms with van der Waals surface area (Å²) in [5, 5.41) is 3.18. The van der Waals surface area contributed by atoms with Crippen LogP contribution in [0.4, 0.5) is 5.69 Å². The molecule has 0 saturated carbocycles. The highest BCUT2D eigenvalue weighted by molar-refractivity contribution is 7.09. The molecule has 0 aliphatic carbocycles. The molecule has 2 aromatic rings. The third kappa shape index (κ3) is 3.53.